The fraction of sp³-hybridized carbons (Fsp3) is 1.00. The van der Waals surface area contributed by atoms with Crippen LogP contribution in [0.4, 0.5) is 0 Å². The van der Waals surface area contributed by atoms with Crippen LogP contribution in [0.1, 0.15) is 13.3 Å². The SMILES string of the molecule is CCC1CNCC1N(C)CCS(C)(=O)=O. The summed E-state index contributed by atoms with van der Waals surface area (Å²) in [5.74, 6) is 0.922. The first-order valence-corrected chi connectivity index (χ1v) is 7.58. The van der Waals surface area contributed by atoms with Gasteiger partial charge in [0.05, 0.1) is 5.75 Å². The molecule has 5 heteroatoms. The minimum Gasteiger partial charge on any atom is -0.315 e. The number of sulfone groups is 1. The highest BCUT2D eigenvalue weighted by Crippen LogP contribution is 2.17. The van der Waals surface area contributed by atoms with E-state index in [1.54, 1.807) is 0 Å². The quantitative estimate of drug-likeness (QED) is 0.725. The molecular formula is C10H22N2O2S. The first-order valence-electron chi connectivity index (χ1n) is 5.52. The van der Waals surface area contributed by atoms with E-state index in [2.05, 4.69) is 17.1 Å². The molecule has 1 aliphatic rings. The highest BCUT2D eigenvalue weighted by Gasteiger charge is 2.28. The Morgan fingerprint density at radius 2 is 2.07 bits per heavy atom. The van der Waals surface area contributed by atoms with Gasteiger partial charge in [-0.3, -0.25) is 0 Å². The van der Waals surface area contributed by atoms with Crippen molar-refractivity contribution >= 4 is 9.84 Å². The zero-order valence-corrected chi connectivity index (χ0v) is 10.7. The van der Waals surface area contributed by atoms with E-state index >= 15 is 0 Å². The van der Waals surface area contributed by atoms with Gasteiger partial charge in [0.1, 0.15) is 9.84 Å². The maximum atomic E-state index is 11.1. The Morgan fingerprint density at radius 1 is 1.40 bits per heavy atom. The Kier molecular flexibility index (Phi) is 4.55. The van der Waals surface area contributed by atoms with Gasteiger partial charge in [0.25, 0.3) is 0 Å². The molecular weight excluding hydrogens is 212 g/mol. The Hall–Kier alpha value is -0.130. The van der Waals surface area contributed by atoms with Crippen LogP contribution in [0, 0.1) is 5.92 Å². The molecule has 1 heterocycles. The summed E-state index contributed by atoms with van der Waals surface area (Å²) in [5, 5.41) is 3.36. The molecule has 15 heavy (non-hydrogen) atoms. The van der Waals surface area contributed by atoms with Crippen LogP contribution in [0.15, 0.2) is 0 Å². The van der Waals surface area contributed by atoms with Crippen molar-refractivity contribution in [1.82, 2.24) is 10.2 Å². The van der Waals surface area contributed by atoms with Gasteiger partial charge in [0.15, 0.2) is 0 Å². The van der Waals surface area contributed by atoms with Crippen LogP contribution in [0.3, 0.4) is 0 Å². The molecule has 0 amide bonds. The fourth-order valence-corrected chi connectivity index (χ4v) is 2.75. The number of rotatable bonds is 5. The molecule has 0 aromatic carbocycles. The molecule has 1 rings (SSSR count). The van der Waals surface area contributed by atoms with Crippen LogP contribution >= 0.6 is 0 Å². The summed E-state index contributed by atoms with van der Waals surface area (Å²) in [6, 6.07) is 0.497. The van der Waals surface area contributed by atoms with Gasteiger partial charge in [-0.1, -0.05) is 13.3 Å². The van der Waals surface area contributed by atoms with Gasteiger partial charge < -0.3 is 10.2 Å². The van der Waals surface area contributed by atoms with Crippen molar-refractivity contribution in [2.24, 2.45) is 5.92 Å². The summed E-state index contributed by atoms with van der Waals surface area (Å²) in [4.78, 5) is 2.18. The molecule has 0 radical (unpaired) electrons. The highest BCUT2D eigenvalue weighted by atomic mass is 32.2. The Morgan fingerprint density at radius 3 is 2.60 bits per heavy atom. The molecule has 2 atom stereocenters. The van der Waals surface area contributed by atoms with E-state index in [9.17, 15) is 8.42 Å². The largest absolute Gasteiger partial charge is 0.315 e. The predicted molar refractivity (Wildman–Crippen MR) is 62.8 cm³/mol. The summed E-state index contributed by atoms with van der Waals surface area (Å²) in [6.45, 7) is 4.87. The van der Waals surface area contributed by atoms with E-state index in [1.807, 2.05) is 7.05 Å². The molecule has 0 spiro atoms. The average molecular weight is 234 g/mol. The molecule has 4 nitrogen and oxygen atoms in total. The molecule has 90 valence electrons. The third-order valence-corrected chi connectivity index (χ3v) is 4.13. The van der Waals surface area contributed by atoms with Gasteiger partial charge >= 0.3 is 0 Å². The van der Waals surface area contributed by atoms with E-state index in [0.29, 0.717) is 18.5 Å². The van der Waals surface area contributed by atoms with Gasteiger partial charge in [-0.15, -0.1) is 0 Å². The van der Waals surface area contributed by atoms with Gasteiger partial charge in [-0.2, -0.15) is 0 Å². The lowest BCUT2D eigenvalue weighted by Gasteiger charge is -2.27. The number of nitrogens with one attached hydrogen (secondary N) is 1. The van der Waals surface area contributed by atoms with Crippen molar-refractivity contribution in [3.63, 3.8) is 0 Å². The van der Waals surface area contributed by atoms with Gasteiger partial charge in [-0.25, -0.2) is 8.42 Å². The van der Waals surface area contributed by atoms with E-state index in [1.165, 1.54) is 6.26 Å². The zero-order valence-electron chi connectivity index (χ0n) is 9.86. The lowest BCUT2D eigenvalue weighted by Crippen LogP contribution is -2.40. The summed E-state index contributed by atoms with van der Waals surface area (Å²) in [5.41, 5.74) is 0. The van der Waals surface area contributed by atoms with Gasteiger partial charge in [-0.05, 0) is 19.5 Å². The highest BCUT2D eigenvalue weighted by molar-refractivity contribution is 7.90. The Labute approximate surface area is 93.0 Å². The predicted octanol–water partition coefficient (Wildman–Crippen LogP) is -0.0392. The van der Waals surface area contributed by atoms with Crippen molar-refractivity contribution in [3.8, 4) is 0 Å². The second kappa shape index (κ2) is 5.27. The van der Waals surface area contributed by atoms with Crippen molar-refractivity contribution in [2.75, 3.05) is 38.7 Å². The Bertz CT molecular complexity index is 290. The summed E-state index contributed by atoms with van der Waals surface area (Å²) >= 11 is 0. The number of likely N-dealkylation sites (N-methyl/N-ethyl adjacent to an activating group) is 1. The molecule has 0 bridgehead atoms. The summed E-state index contributed by atoms with van der Waals surface area (Å²) < 4.78 is 22.1. The molecule has 2 unspecified atom stereocenters. The van der Waals surface area contributed by atoms with Crippen molar-refractivity contribution in [2.45, 2.75) is 19.4 Å². The molecule has 1 N–H and O–H groups in total. The first-order chi connectivity index (χ1) is 6.94. The first kappa shape index (κ1) is 12.9. The zero-order chi connectivity index (χ0) is 11.5. The van der Waals surface area contributed by atoms with E-state index in [-0.39, 0.29) is 5.75 Å². The molecule has 0 aromatic heterocycles. The molecule has 0 aromatic rings. The number of nitrogens with zero attached hydrogens (tertiary/aromatic N) is 1. The third-order valence-electron chi connectivity index (χ3n) is 3.21. The number of hydrogen-bond donors (Lipinski definition) is 1. The van der Waals surface area contributed by atoms with Gasteiger partial charge in [0, 0.05) is 25.4 Å². The molecule has 1 aliphatic heterocycles. The average Bonchev–Trinajstić information content (AvgIpc) is 2.60. The lowest BCUT2D eigenvalue weighted by molar-refractivity contribution is 0.219. The molecule has 1 fully saturated rings. The third kappa shape index (κ3) is 4.09. The van der Waals surface area contributed by atoms with Crippen molar-refractivity contribution in [1.29, 1.82) is 0 Å². The van der Waals surface area contributed by atoms with Crippen LogP contribution < -0.4 is 5.32 Å². The van der Waals surface area contributed by atoms with Crippen molar-refractivity contribution in [3.05, 3.63) is 0 Å². The van der Waals surface area contributed by atoms with E-state index in [4.69, 9.17) is 0 Å². The van der Waals surface area contributed by atoms with Gasteiger partial charge in [0.2, 0.25) is 0 Å². The molecule has 1 saturated heterocycles. The monoisotopic (exact) mass is 234 g/mol. The van der Waals surface area contributed by atoms with Crippen LogP contribution in [-0.4, -0.2) is 58.1 Å². The minimum absolute atomic E-state index is 0.260. The minimum atomic E-state index is -2.84. The smallest absolute Gasteiger partial charge is 0.148 e. The lowest BCUT2D eigenvalue weighted by atomic mass is 10.00. The maximum Gasteiger partial charge on any atom is 0.148 e. The Balaban J connectivity index is 2.42. The fourth-order valence-electron chi connectivity index (χ4n) is 2.13. The molecule has 0 aliphatic carbocycles. The normalized spacial score (nSPS) is 27.5. The van der Waals surface area contributed by atoms with Crippen LogP contribution in [-0.2, 0) is 9.84 Å². The van der Waals surface area contributed by atoms with E-state index in [0.717, 1.165) is 19.5 Å². The maximum absolute atomic E-state index is 11.1. The molecule has 0 saturated carbocycles. The standard InChI is InChI=1S/C10H22N2O2S/c1-4-9-7-11-8-10(9)12(2)5-6-15(3,13)14/h9-11H,4-8H2,1-3H3. The van der Waals surface area contributed by atoms with Crippen LogP contribution in [0.5, 0.6) is 0 Å². The topological polar surface area (TPSA) is 49.4 Å². The van der Waals surface area contributed by atoms with Crippen LogP contribution in [0.25, 0.3) is 0 Å². The second-order valence-electron chi connectivity index (χ2n) is 4.50. The summed E-state index contributed by atoms with van der Waals surface area (Å²) in [6.07, 6.45) is 2.45. The van der Waals surface area contributed by atoms with Crippen LogP contribution in [0.2, 0.25) is 0 Å². The second-order valence-corrected chi connectivity index (χ2v) is 6.76. The number of hydrogen-bond acceptors (Lipinski definition) is 4. The van der Waals surface area contributed by atoms with Crippen molar-refractivity contribution < 1.29 is 8.42 Å². The van der Waals surface area contributed by atoms with E-state index < -0.39 is 9.84 Å². The summed E-state index contributed by atoms with van der Waals surface area (Å²) in [7, 11) is -0.816.